The van der Waals surface area contributed by atoms with Crippen LogP contribution in [0.1, 0.15) is 42.7 Å². The lowest BCUT2D eigenvalue weighted by Gasteiger charge is -2.00. The van der Waals surface area contributed by atoms with Gasteiger partial charge in [0.05, 0.1) is 0 Å². The molecule has 0 atom stereocenters. The van der Waals surface area contributed by atoms with Crippen LogP contribution in [0.25, 0.3) is 11.0 Å². The smallest absolute Gasteiger partial charge is 0.223 e. The average Bonchev–Trinajstić information content (AvgIpc) is 2.64. The van der Waals surface area contributed by atoms with Crippen molar-refractivity contribution in [2.24, 2.45) is 0 Å². The van der Waals surface area contributed by atoms with Gasteiger partial charge in [0.15, 0.2) is 5.76 Å². The summed E-state index contributed by atoms with van der Waals surface area (Å²) < 4.78 is 5.63. The quantitative estimate of drug-likeness (QED) is 0.708. The highest BCUT2D eigenvalue weighted by atomic mass is 35.5. The minimum atomic E-state index is 0.0224. The van der Waals surface area contributed by atoms with Crippen LogP contribution in [0.2, 0.25) is 5.02 Å². The predicted molar refractivity (Wildman–Crippen MR) is 76.7 cm³/mol. The monoisotopic (exact) mass is 274 g/mol. The van der Waals surface area contributed by atoms with Gasteiger partial charge in [0, 0.05) is 10.4 Å². The highest BCUT2D eigenvalue weighted by Gasteiger charge is 2.17. The summed E-state index contributed by atoms with van der Waals surface area (Å²) in [5, 5.41) is 1.53. The van der Waals surface area contributed by atoms with Gasteiger partial charge in [0.2, 0.25) is 5.78 Å². The van der Waals surface area contributed by atoms with Crippen molar-refractivity contribution in [2.45, 2.75) is 32.1 Å². The number of carbonyl (C=O) groups is 1. The van der Waals surface area contributed by atoms with Gasteiger partial charge in [-0.1, -0.05) is 24.1 Å². The van der Waals surface area contributed by atoms with Crippen LogP contribution in [0, 0.1) is 0 Å². The zero-order valence-corrected chi connectivity index (χ0v) is 11.4. The first-order chi connectivity index (χ1) is 9.24. The first-order valence-electron chi connectivity index (χ1n) is 6.67. The maximum Gasteiger partial charge on any atom is 0.223 e. The minimum Gasteiger partial charge on any atom is -0.453 e. The van der Waals surface area contributed by atoms with Gasteiger partial charge in [-0.25, -0.2) is 0 Å². The van der Waals surface area contributed by atoms with E-state index in [1.165, 1.54) is 12.8 Å². The number of fused-ring (bicyclic) bond motifs is 1. The standard InChI is InChI=1S/C16H15ClO2/c17-13-7-8-14-12(9-13)10-15(19-14)16(18)11-5-3-1-2-4-6-11/h5,7-10H,1-4,6H2. The van der Waals surface area contributed by atoms with E-state index in [-0.39, 0.29) is 5.78 Å². The van der Waals surface area contributed by atoms with Crippen LogP contribution >= 0.6 is 11.6 Å². The van der Waals surface area contributed by atoms with E-state index in [1.54, 1.807) is 18.2 Å². The van der Waals surface area contributed by atoms with Gasteiger partial charge >= 0.3 is 0 Å². The summed E-state index contributed by atoms with van der Waals surface area (Å²) in [4.78, 5) is 12.4. The summed E-state index contributed by atoms with van der Waals surface area (Å²) in [5.41, 5.74) is 1.60. The molecule has 0 N–H and O–H groups in total. The van der Waals surface area contributed by atoms with Gasteiger partial charge in [-0.3, -0.25) is 4.79 Å². The molecule has 1 heterocycles. The Kier molecular flexibility index (Phi) is 3.43. The third kappa shape index (κ3) is 2.59. The Labute approximate surface area is 117 Å². The molecule has 0 saturated heterocycles. The second kappa shape index (κ2) is 5.22. The molecule has 2 nitrogen and oxygen atoms in total. The lowest BCUT2D eigenvalue weighted by atomic mass is 10.0. The van der Waals surface area contributed by atoms with Gasteiger partial charge in [-0.05, 0) is 55.5 Å². The van der Waals surface area contributed by atoms with Crippen molar-refractivity contribution in [1.29, 1.82) is 0 Å². The van der Waals surface area contributed by atoms with Crippen molar-refractivity contribution in [3.63, 3.8) is 0 Å². The number of Topliss-reactive ketones (excluding diaryl/α,β-unsaturated/α-hetero) is 1. The fourth-order valence-electron chi connectivity index (χ4n) is 2.51. The average molecular weight is 275 g/mol. The predicted octanol–water partition coefficient (Wildman–Crippen LogP) is 5.16. The van der Waals surface area contributed by atoms with Crippen molar-refractivity contribution in [3.05, 3.63) is 46.7 Å². The molecule has 0 aliphatic heterocycles. The molecule has 1 aromatic carbocycles. The van der Waals surface area contributed by atoms with Gasteiger partial charge < -0.3 is 4.42 Å². The summed E-state index contributed by atoms with van der Waals surface area (Å²) >= 11 is 5.94. The first-order valence-corrected chi connectivity index (χ1v) is 7.05. The molecule has 0 unspecified atom stereocenters. The molecule has 3 heteroatoms. The number of carbonyl (C=O) groups excluding carboxylic acids is 1. The third-order valence-electron chi connectivity index (χ3n) is 3.53. The molecule has 19 heavy (non-hydrogen) atoms. The number of allylic oxidation sites excluding steroid dienone is 2. The van der Waals surface area contributed by atoms with E-state index in [4.69, 9.17) is 16.0 Å². The lowest BCUT2D eigenvalue weighted by Crippen LogP contribution is -2.01. The highest BCUT2D eigenvalue weighted by Crippen LogP contribution is 2.26. The topological polar surface area (TPSA) is 30.2 Å². The fraction of sp³-hybridized carbons (Fsp3) is 0.312. The Balaban J connectivity index is 1.94. The van der Waals surface area contributed by atoms with E-state index in [1.807, 2.05) is 6.07 Å². The van der Waals surface area contributed by atoms with E-state index in [0.717, 1.165) is 30.2 Å². The van der Waals surface area contributed by atoms with Gasteiger partial charge in [0.1, 0.15) is 5.58 Å². The highest BCUT2D eigenvalue weighted by molar-refractivity contribution is 6.31. The minimum absolute atomic E-state index is 0.0224. The van der Waals surface area contributed by atoms with Crippen LogP contribution < -0.4 is 0 Å². The van der Waals surface area contributed by atoms with Gasteiger partial charge in [-0.15, -0.1) is 0 Å². The maximum absolute atomic E-state index is 12.4. The molecule has 0 fully saturated rings. The van der Waals surface area contributed by atoms with Gasteiger partial charge in [-0.2, -0.15) is 0 Å². The SMILES string of the molecule is O=C(C1=CCCCCC1)c1cc2cc(Cl)ccc2o1. The normalized spacial score (nSPS) is 16.2. The van der Waals surface area contributed by atoms with Crippen molar-refractivity contribution in [1.82, 2.24) is 0 Å². The maximum atomic E-state index is 12.4. The van der Waals surface area contributed by atoms with Crippen molar-refractivity contribution in [3.8, 4) is 0 Å². The molecule has 98 valence electrons. The Hall–Kier alpha value is -1.54. The second-order valence-electron chi connectivity index (χ2n) is 4.95. The molecule has 0 spiro atoms. The van der Waals surface area contributed by atoms with Crippen molar-refractivity contribution < 1.29 is 9.21 Å². The van der Waals surface area contributed by atoms with E-state index in [2.05, 4.69) is 6.08 Å². The molecule has 0 saturated carbocycles. The van der Waals surface area contributed by atoms with Crippen molar-refractivity contribution in [2.75, 3.05) is 0 Å². The number of benzene rings is 1. The first kappa shape index (κ1) is 12.5. The summed E-state index contributed by atoms with van der Waals surface area (Å²) in [6.45, 7) is 0. The Bertz CT molecular complexity index is 652. The van der Waals surface area contributed by atoms with E-state index in [9.17, 15) is 4.79 Å². The molecule has 3 rings (SSSR count). The fourth-order valence-corrected chi connectivity index (χ4v) is 2.69. The largest absolute Gasteiger partial charge is 0.453 e. The van der Waals surface area contributed by atoms with Crippen LogP contribution in [0.5, 0.6) is 0 Å². The summed E-state index contributed by atoms with van der Waals surface area (Å²) in [6.07, 6.45) is 7.37. The van der Waals surface area contributed by atoms with Crippen LogP contribution in [-0.2, 0) is 0 Å². The summed E-state index contributed by atoms with van der Waals surface area (Å²) in [6, 6.07) is 7.18. The molecule has 0 amide bonds. The third-order valence-corrected chi connectivity index (χ3v) is 3.77. The molecular formula is C16H15ClO2. The number of ketones is 1. The van der Waals surface area contributed by atoms with E-state index >= 15 is 0 Å². The molecule has 0 radical (unpaired) electrons. The number of hydrogen-bond donors (Lipinski definition) is 0. The second-order valence-corrected chi connectivity index (χ2v) is 5.39. The number of furan rings is 1. The zero-order valence-electron chi connectivity index (χ0n) is 10.6. The molecule has 1 aliphatic rings. The van der Waals surface area contributed by atoms with Crippen LogP contribution in [0.3, 0.4) is 0 Å². The van der Waals surface area contributed by atoms with E-state index in [0.29, 0.717) is 16.4 Å². The Morgan fingerprint density at radius 3 is 2.95 bits per heavy atom. The summed E-state index contributed by atoms with van der Waals surface area (Å²) in [5.74, 6) is 0.444. The zero-order chi connectivity index (χ0) is 13.2. The number of hydrogen-bond acceptors (Lipinski definition) is 2. The number of halogens is 1. The molecule has 1 aliphatic carbocycles. The molecule has 2 aromatic rings. The lowest BCUT2D eigenvalue weighted by molar-refractivity contribution is 0.100. The van der Waals surface area contributed by atoms with Crippen molar-refractivity contribution >= 4 is 28.4 Å². The van der Waals surface area contributed by atoms with Gasteiger partial charge in [0.25, 0.3) is 0 Å². The Morgan fingerprint density at radius 1 is 1.16 bits per heavy atom. The Morgan fingerprint density at radius 2 is 2.05 bits per heavy atom. The van der Waals surface area contributed by atoms with E-state index < -0.39 is 0 Å². The number of rotatable bonds is 2. The van der Waals surface area contributed by atoms with Crippen LogP contribution in [0.4, 0.5) is 0 Å². The summed E-state index contributed by atoms with van der Waals surface area (Å²) in [7, 11) is 0. The molecule has 1 aromatic heterocycles. The molecular weight excluding hydrogens is 260 g/mol. The van der Waals surface area contributed by atoms with Crippen LogP contribution in [-0.4, -0.2) is 5.78 Å². The molecule has 0 bridgehead atoms. The van der Waals surface area contributed by atoms with Crippen LogP contribution in [0.15, 0.2) is 40.3 Å².